The van der Waals surface area contributed by atoms with Gasteiger partial charge in [0.1, 0.15) is 0 Å². The molecule has 9 heteroatoms. The Balaban J connectivity index is 1.72. The lowest BCUT2D eigenvalue weighted by Crippen LogP contribution is -2.47. The van der Waals surface area contributed by atoms with Crippen LogP contribution in [0.4, 0.5) is 11.5 Å². The minimum absolute atomic E-state index is 0.0261. The molecular formula is C17H26N4O4S. The van der Waals surface area contributed by atoms with E-state index in [1.54, 1.807) is 16.6 Å². The molecule has 1 atom stereocenters. The molecule has 3 rings (SSSR count). The molecule has 2 fully saturated rings. The van der Waals surface area contributed by atoms with Crippen LogP contribution in [0, 0.1) is 16.0 Å². The zero-order valence-corrected chi connectivity index (χ0v) is 15.9. The third-order valence-corrected chi connectivity index (χ3v) is 6.83. The normalized spacial score (nSPS) is 23.6. The summed E-state index contributed by atoms with van der Waals surface area (Å²) in [6, 6.07) is 3.10. The number of rotatable bonds is 4. The van der Waals surface area contributed by atoms with E-state index in [2.05, 4.69) is 4.98 Å². The molecule has 0 unspecified atom stereocenters. The molecule has 0 saturated carbocycles. The highest BCUT2D eigenvalue weighted by molar-refractivity contribution is 7.88. The number of sulfonamides is 1. The summed E-state index contributed by atoms with van der Waals surface area (Å²) in [5.41, 5.74) is 0.0261. The second-order valence-corrected chi connectivity index (χ2v) is 9.15. The molecular weight excluding hydrogens is 356 g/mol. The monoisotopic (exact) mass is 382 g/mol. The molecule has 0 amide bonds. The van der Waals surface area contributed by atoms with Gasteiger partial charge >= 0.3 is 5.69 Å². The van der Waals surface area contributed by atoms with Crippen molar-refractivity contribution in [2.75, 3.05) is 30.8 Å². The second kappa shape index (κ2) is 7.87. The second-order valence-electron chi connectivity index (χ2n) is 7.22. The topological polar surface area (TPSA) is 96.7 Å². The largest absolute Gasteiger partial charge is 0.351 e. The molecule has 144 valence electrons. The van der Waals surface area contributed by atoms with Crippen LogP contribution in [0.2, 0.25) is 0 Å². The Kier molecular flexibility index (Phi) is 5.76. The molecule has 1 aromatic heterocycles. The third-order valence-electron chi connectivity index (χ3n) is 5.52. The van der Waals surface area contributed by atoms with E-state index in [0.717, 1.165) is 38.5 Å². The average Bonchev–Trinajstić information content (AvgIpc) is 2.88. The van der Waals surface area contributed by atoms with E-state index in [1.807, 2.05) is 4.90 Å². The van der Waals surface area contributed by atoms with Crippen LogP contribution in [0.3, 0.4) is 0 Å². The summed E-state index contributed by atoms with van der Waals surface area (Å²) in [6.07, 6.45) is 8.48. The lowest BCUT2D eigenvalue weighted by Gasteiger charge is -2.39. The lowest BCUT2D eigenvalue weighted by atomic mass is 9.87. The third kappa shape index (κ3) is 4.15. The number of nitro groups is 1. The first kappa shape index (κ1) is 19.0. The predicted octanol–water partition coefficient (Wildman–Crippen LogP) is 2.41. The van der Waals surface area contributed by atoms with Crippen LogP contribution in [0.5, 0.6) is 0 Å². The minimum Gasteiger partial charge on any atom is -0.351 e. The maximum Gasteiger partial charge on any atom is 0.311 e. The maximum absolute atomic E-state index is 12.2. The molecule has 0 aliphatic carbocycles. The molecule has 8 nitrogen and oxygen atoms in total. The van der Waals surface area contributed by atoms with E-state index >= 15 is 0 Å². The van der Waals surface area contributed by atoms with Gasteiger partial charge in [0.25, 0.3) is 0 Å². The van der Waals surface area contributed by atoms with Crippen LogP contribution >= 0.6 is 0 Å². The number of pyridine rings is 1. The van der Waals surface area contributed by atoms with E-state index in [-0.39, 0.29) is 11.7 Å². The zero-order valence-electron chi connectivity index (χ0n) is 15.1. The van der Waals surface area contributed by atoms with E-state index < -0.39 is 14.9 Å². The number of aromatic nitrogens is 1. The van der Waals surface area contributed by atoms with Crippen LogP contribution < -0.4 is 4.90 Å². The van der Waals surface area contributed by atoms with Crippen LogP contribution in [0.1, 0.15) is 38.5 Å². The standard InChI is InChI=1S/C17H26N4O4S/c1-26(24,25)20-11-4-2-3-6-15(20)14-8-12-19(13-9-14)17-16(21(22)23)7-5-10-18-17/h5,7,10,14-15H,2-4,6,8-9,11-13H2,1H3/t15-/m0/s1. The van der Waals surface area contributed by atoms with Crippen molar-refractivity contribution in [3.63, 3.8) is 0 Å². The van der Waals surface area contributed by atoms with Crippen molar-refractivity contribution in [2.24, 2.45) is 5.92 Å². The van der Waals surface area contributed by atoms with Crippen LogP contribution in [0.15, 0.2) is 18.3 Å². The SMILES string of the molecule is CS(=O)(=O)N1CCCCC[C@H]1C1CCN(c2ncccc2[N+](=O)[O-])CC1. The molecule has 2 saturated heterocycles. The van der Waals surface area contributed by atoms with E-state index in [0.29, 0.717) is 31.4 Å². The van der Waals surface area contributed by atoms with Gasteiger partial charge in [-0.15, -0.1) is 0 Å². The fourth-order valence-corrected chi connectivity index (χ4v) is 5.49. The smallest absolute Gasteiger partial charge is 0.311 e. The summed E-state index contributed by atoms with van der Waals surface area (Å²) in [5.74, 6) is 0.707. The number of hydrogen-bond acceptors (Lipinski definition) is 6. The molecule has 0 aromatic carbocycles. The van der Waals surface area contributed by atoms with Crippen LogP contribution in [0.25, 0.3) is 0 Å². The first-order valence-corrected chi connectivity index (χ1v) is 11.0. The first-order chi connectivity index (χ1) is 12.4. The zero-order chi connectivity index (χ0) is 18.7. The van der Waals surface area contributed by atoms with Gasteiger partial charge in [-0.3, -0.25) is 10.1 Å². The van der Waals surface area contributed by atoms with Gasteiger partial charge in [-0.2, -0.15) is 4.31 Å². The Bertz CT molecular complexity index is 747. The highest BCUT2D eigenvalue weighted by Crippen LogP contribution is 2.34. The van der Waals surface area contributed by atoms with Crippen molar-refractivity contribution < 1.29 is 13.3 Å². The summed E-state index contributed by atoms with van der Waals surface area (Å²) in [4.78, 5) is 17.0. The number of piperidine rings is 1. The molecule has 0 bridgehead atoms. The molecule has 0 N–H and O–H groups in total. The highest BCUT2D eigenvalue weighted by atomic mass is 32.2. The molecule has 26 heavy (non-hydrogen) atoms. The van der Waals surface area contributed by atoms with Gasteiger partial charge in [0.15, 0.2) is 0 Å². The Labute approximate surface area is 154 Å². The minimum atomic E-state index is -3.21. The quantitative estimate of drug-likeness (QED) is 0.586. The van der Waals surface area contributed by atoms with E-state index in [4.69, 9.17) is 0 Å². The molecule has 2 aliphatic heterocycles. The van der Waals surface area contributed by atoms with Gasteiger partial charge in [0.05, 0.1) is 11.2 Å². The van der Waals surface area contributed by atoms with Gasteiger partial charge in [-0.05, 0) is 37.7 Å². The summed E-state index contributed by atoms with van der Waals surface area (Å²) in [7, 11) is -3.21. The molecule has 0 radical (unpaired) electrons. The number of anilines is 1. The Morgan fingerprint density at radius 3 is 2.54 bits per heavy atom. The van der Waals surface area contributed by atoms with Gasteiger partial charge in [0.2, 0.25) is 15.8 Å². The molecule has 0 spiro atoms. The van der Waals surface area contributed by atoms with Crippen molar-refractivity contribution in [1.82, 2.24) is 9.29 Å². The van der Waals surface area contributed by atoms with Gasteiger partial charge in [0, 0.05) is 37.9 Å². The predicted molar refractivity (Wildman–Crippen MR) is 99.6 cm³/mol. The Hall–Kier alpha value is -1.74. The van der Waals surface area contributed by atoms with E-state index in [1.165, 1.54) is 12.3 Å². The summed E-state index contributed by atoms with van der Waals surface area (Å²) in [6.45, 7) is 1.93. The fourth-order valence-electron chi connectivity index (χ4n) is 4.26. The van der Waals surface area contributed by atoms with Crippen molar-refractivity contribution in [3.05, 3.63) is 28.4 Å². The molecule has 2 aliphatic rings. The molecule has 1 aromatic rings. The maximum atomic E-state index is 12.2. The van der Waals surface area contributed by atoms with Crippen LogP contribution in [-0.2, 0) is 10.0 Å². The van der Waals surface area contributed by atoms with Gasteiger partial charge in [-0.25, -0.2) is 13.4 Å². The molecule has 3 heterocycles. The van der Waals surface area contributed by atoms with Crippen molar-refractivity contribution >= 4 is 21.5 Å². The average molecular weight is 382 g/mol. The summed E-state index contributed by atoms with van der Waals surface area (Å²) < 4.78 is 26.2. The number of nitrogens with zero attached hydrogens (tertiary/aromatic N) is 4. The number of hydrogen-bond donors (Lipinski definition) is 0. The first-order valence-electron chi connectivity index (χ1n) is 9.19. The lowest BCUT2D eigenvalue weighted by molar-refractivity contribution is -0.384. The fraction of sp³-hybridized carbons (Fsp3) is 0.706. The summed E-state index contributed by atoms with van der Waals surface area (Å²) >= 11 is 0. The van der Waals surface area contributed by atoms with E-state index in [9.17, 15) is 18.5 Å². The van der Waals surface area contributed by atoms with Gasteiger partial charge in [-0.1, -0.05) is 12.8 Å². The summed E-state index contributed by atoms with van der Waals surface area (Å²) in [5, 5.41) is 11.2. The van der Waals surface area contributed by atoms with Crippen molar-refractivity contribution in [2.45, 2.75) is 44.6 Å². The van der Waals surface area contributed by atoms with Crippen LogP contribution in [-0.4, -0.2) is 54.6 Å². The van der Waals surface area contributed by atoms with Crippen molar-refractivity contribution in [1.29, 1.82) is 0 Å². The van der Waals surface area contributed by atoms with Gasteiger partial charge < -0.3 is 4.90 Å². The highest BCUT2D eigenvalue weighted by Gasteiger charge is 2.36. The Morgan fingerprint density at radius 2 is 1.88 bits per heavy atom. The Morgan fingerprint density at radius 1 is 1.15 bits per heavy atom. The van der Waals surface area contributed by atoms with Crippen molar-refractivity contribution in [3.8, 4) is 0 Å².